The van der Waals surface area contributed by atoms with Crippen molar-refractivity contribution in [1.82, 2.24) is 0 Å². The fourth-order valence-electron chi connectivity index (χ4n) is 5.18. The van der Waals surface area contributed by atoms with Crippen molar-refractivity contribution in [2.45, 2.75) is 166 Å². The Kier molecular flexibility index (Phi) is 24.9. The maximum atomic E-state index is 12.7. The Bertz CT molecular complexity index is 884. The summed E-state index contributed by atoms with van der Waals surface area (Å²) in [6.07, 6.45) is 14.2. The number of aliphatic hydroxyl groups excluding tert-OH is 3. The Balaban J connectivity index is 2.57. The smallest absolute Gasteiger partial charge is 0.397 e. The van der Waals surface area contributed by atoms with Gasteiger partial charge in [0.15, 0.2) is 6.29 Å². The minimum atomic E-state index is -5.05. The molecule has 6 unspecified atom stereocenters. The van der Waals surface area contributed by atoms with Crippen molar-refractivity contribution >= 4 is 16.4 Å². The van der Waals surface area contributed by atoms with E-state index >= 15 is 0 Å². The Morgan fingerprint density at radius 2 is 1.39 bits per heavy atom. The Labute approximate surface area is 277 Å². The molecule has 4 N–H and O–H groups in total. The van der Waals surface area contributed by atoms with Crippen molar-refractivity contribution < 1.29 is 56.2 Å². The molecule has 46 heavy (non-hydrogen) atoms. The molecule has 0 aromatic rings. The largest absolute Gasteiger partial charge is 0.457 e. The van der Waals surface area contributed by atoms with Crippen LogP contribution in [-0.4, -0.2) is 97.5 Å². The minimum absolute atomic E-state index is 0.0355. The van der Waals surface area contributed by atoms with E-state index < -0.39 is 59.8 Å². The predicted octanol–water partition coefficient (Wildman–Crippen LogP) is 5.18. The predicted molar refractivity (Wildman–Crippen MR) is 174 cm³/mol. The lowest BCUT2D eigenvalue weighted by Crippen LogP contribution is -2.60. The molecule has 1 saturated heterocycles. The van der Waals surface area contributed by atoms with E-state index in [1.807, 2.05) is 0 Å². The zero-order valence-corrected chi connectivity index (χ0v) is 29.0. The molecule has 0 saturated carbocycles. The van der Waals surface area contributed by atoms with Gasteiger partial charge < -0.3 is 34.3 Å². The summed E-state index contributed by atoms with van der Waals surface area (Å²) in [6.45, 7) is 3.87. The van der Waals surface area contributed by atoms with E-state index in [9.17, 15) is 28.5 Å². The first-order valence-electron chi connectivity index (χ1n) is 17.4. The van der Waals surface area contributed by atoms with E-state index in [2.05, 4.69) is 30.2 Å². The Morgan fingerprint density at radius 3 is 2.02 bits per heavy atom. The molecule has 0 radical (unpaired) electrons. The number of rotatable bonds is 29. The summed E-state index contributed by atoms with van der Waals surface area (Å²) in [7, 11) is -5.05. The number of esters is 1. The quantitative estimate of drug-likeness (QED) is 0.0352. The monoisotopic (exact) mass is 682 g/mol. The summed E-state index contributed by atoms with van der Waals surface area (Å²) in [6, 6.07) is 0. The van der Waals surface area contributed by atoms with Crippen molar-refractivity contribution in [1.29, 1.82) is 0 Å². The van der Waals surface area contributed by atoms with Gasteiger partial charge in [-0.15, -0.1) is 0 Å². The first-order chi connectivity index (χ1) is 22.1. The van der Waals surface area contributed by atoms with Crippen LogP contribution in [-0.2, 0) is 38.3 Å². The fourth-order valence-corrected chi connectivity index (χ4v) is 5.69. The fraction of sp³-hybridized carbons (Fsp3) is 0.909. The van der Waals surface area contributed by atoms with Crippen LogP contribution < -0.4 is 0 Å². The van der Waals surface area contributed by atoms with Gasteiger partial charge in [-0.05, 0) is 32.1 Å². The van der Waals surface area contributed by atoms with Gasteiger partial charge in [0, 0.05) is 13.0 Å². The molecule has 0 amide bonds. The number of carbonyl (C=O) groups excluding carboxylic acids is 1. The number of hydrogen-bond acceptors (Lipinski definition) is 11. The number of ether oxygens (including phenoxy) is 4. The van der Waals surface area contributed by atoms with Crippen LogP contribution in [0.25, 0.3) is 0 Å². The number of hydrogen-bond donors (Lipinski definition) is 4. The van der Waals surface area contributed by atoms with Crippen LogP contribution >= 0.6 is 0 Å². The molecule has 0 spiro atoms. The molecule has 1 aliphatic heterocycles. The highest BCUT2D eigenvalue weighted by atomic mass is 32.3. The maximum Gasteiger partial charge on any atom is 0.397 e. The molecule has 0 bridgehead atoms. The SMILES string of the molecule is CCCC/C=C\CCCCCCCC(=O)OC(COCCCCCCCCCC)COC1OC(CO)C(O)C(OS(=O)(=O)O)C1O. The Morgan fingerprint density at radius 1 is 0.804 bits per heavy atom. The van der Waals surface area contributed by atoms with Gasteiger partial charge in [-0.1, -0.05) is 103 Å². The summed E-state index contributed by atoms with van der Waals surface area (Å²) >= 11 is 0. The molecular weight excluding hydrogens is 620 g/mol. The van der Waals surface area contributed by atoms with Crippen molar-refractivity contribution in [3.05, 3.63) is 12.2 Å². The normalized spacial score (nSPS) is 22.8. The van der Waals surface area contributed by atoms with Gasteiger partial charge in [0.2, 0.25) is 0 Å². The third kappa shape index (κ3) is 20.9. The second kappa shape index (κ2) is 26.8. The second-order valence-corrected chi connectivity index (χ2v) is 13.2. The molecule has 6 atom stereocenters. The average molecular weight is 683 g/mol. The first kappa shape index (κ1) is 42.9. The summed E-state index contributed by atoms with van der Waals surface area (Å²) in [5.74, 6) is -0.413. The number of carbonyl (C=O) groups is 1. The molecule has 13 heteroatoms. The standard InChI is InChI=1S/C33H62O12S/c1-3-5-7-9-11-13-14-15-16-18-20-22-29(35)43-27(25-41-23-21-19-17-12-10-8-6-4-2)26-42-33-31(37)32(45-46(38,39)40)30(36)28(24-34)44-33/h9,11,27-28,30-34,36-37H,3-8,10,12-26H2,1-2H3,(H,38,39,40)/b11-9-. The van der Waals surface area contributed by atoms with E-state index in [4.69, 9.17) is 23.5 Å². The van der Waals surface area contributed by atoms with Gasteiger partial charge in [0.1, 0.15) is 30.5 Å². The van der Waals surface area contributed by atoms with Crippen molar-refractivity contribution in [2.24, 2.45) is 0 Å². The van der Waals surface area contributed by atoms with Gasteiger partial charge in [0.05, 0.1) is 19.8 Å². The zero-order valence-electron chi connectivity index (χ0n) is 28.1. The van der Waals surface area contributed by atoms with Crippen LogP contribution in [0.1, 0.15) is 129 Å². The second-order valence-electron chi connectivity index (χ2n) is 12.1. The van der Waals surface area contributed by atoms with Crippen LogP contribution in [0.15, 0.2) is 12.2 Å². The van der Waals surface area contributed by atoms with Gasteiger partial charge in [-0.2, -0.15) is 8.42 Å². The summed E-state index contributed by atoms with van der Waals surface area (Å²) in [5.41, 5.74) is 0. The van der Waals surface area contributed by atoms with Crippen LogP contribution in [0.3, 0.4) is 0 Å². The lowest BCUT2D eigenvalue weighted by Gasteiger charge is -2.41. The topological polar surface area (TPSA) is 178 Å². The third-order valence-electron chi connectivity index (χ3n) is 7.89. The van der Waals surface area contributed by atoms with Crippen LogP contribution in [0.4, 0.5) is 0 Å². The van der Waals surface area contributed by atoms with Gasteiger partial charge in [-0.25, -0.2) is 4.18 Å². The highest BCUT2D eigenvalue weighted by Gasteiger charge is 2.48. The van der Waals surface area contributed by atoms with Gasteiger partial charge >= 0.3 is 16.4 Å². The van der Waals surface area contributed by atoms with Crippen LogP contribution in [0.2, 0.25) is 0 Å². The van der Waals surface area contributed by atoms with E-state index in [0.717, 1.165) is 57.8 Å². The summed E-state index contributed by atoms with van der Waals surface area (Å²) in [5, 5.41) is 30.4. The number of unbranched alkanes of at least 4 members (excludes halogenated alkanes) is 14. The van der Waals surface area contributed by atoms with E-state index in [-0.39, 0.29) is 19.6 Å². The van der Waals surface area contributed by atoms with Gasteiger partial charge in [-0.3, -0.25) is 9.35 Å². The zero-order chi connectivity index (χ0) is 34.0. The lowest BCUT2D eigenvalue weighted by molar-refractivity contribution is -0.301. The van der Waals surface area contributed by atoms with Crippen molar-refractivity contribution in [2.75, 3.05) is 26.4 Å². The molecule has 1 heterocycles. The molecule has 1 rings (SSSR count). The lowest BCUT2D eigenvalue weighted by atomic mass is 9.99. The molecule has 1 fully saturated rings. The van der Waals surface area contributed by atoms with Crippen molar-refractivity contribution in [3.63, 3.8) is 0 Å². The highest BCUT2D eigenvalue weighted by molar-refractivity contribution is 7.80. The molecule has 0 aliphatic carbocycles. The average Bonchev–Trinajstić information content (AvgIpc) is 3.01. The number of allylic oxidation sites excluding steroid dienone is 2. The first-order valence-corrected chi connectivity index (χ1v) is 18.8. The molecular formula is C33H62O12S. The van der Waals surface area contributed by atoms with E-state index in [1.165, 1.54) is 44.9 Å². The molecule has 272 valence electrons. The van der Waals surface area contributed by atoms with Crippen LogP contribution in [0, 0.1) is 0 Å². The van der Waals surface area contributed by atoms with E-state index in [1.54, 1.807) is 0 Å². The molecule has 12 nitrogen and oxygen atoms in total. The molecule has 1 aliphatic rings. The van der Waals surface area contributed by atoms with Gasteiger partial charge in [0.25, 0.3) is 0 Å². The van der Waals surface area contributed by atoms with Crippen molar-refractivity contribution in [3.8, 4) is 0 Å². The maximum absolute atomic E-state index is 12.7. The molecule has 0 aromatic heterocycles. The highest BCUT2D eigenvalue weighted by Crippen LogP contribution is 2.26. The molecule has 0 aromatic carbocycles. The third-order valence-corrected chi connectivity index (χ3v) is 8.35. The summed E-state index contributed by atoms with van der Waals surface area (Å²) in [4.78, 5) is 12.7. The minimum Gasteiger partial charge on any atom is -0.457 e. The van der Waals surface area contributed by atoms with Crippen LogP contribution in [0.5, 0.6) is 0 Å². The Hall–Kier alpha value is -1.16. The summed E-state index contributed by atoms with van der Waals surface area (Å²) < 4.78 is 58.5. The van der Waals surface area contributed by atoms with E-state index in [0.29, 0.717) is 13.0 Å². The number of aliphatic hydroxyl groups is 3.